The zero-order valence-corrected chi connectivity index (χ0v) is 13.8. The molecule has 4 N–H and O–H groups in total. The van der Waals surface area contributed by atoms with Crippen molar-refractivity contribution in [2.45, 2.75) is 19.4 Å². The second-order valence-electron chi connectivity index (χ2n) is 5.01. The third-order valence-electron chi connectivity index (χ3n) is 3.89. The van der Waals surface area contributed by atoms with Crippen LogP contribution < -0.4 is 10.6 Å². The van der Waals surface area contributed by atoms with Crippen LogP contribution in [0.1, 0.15) is 18.9 Å². The molecule has 0 radical (unpaired) electrons. The summed E-state index contributed by atoms with van der Waals surface area (Å²) in [6, 6.07) is 2.34. The molecule has 0 aliphatic carbocycles. The van der Waals surface area contributed by atoms with Gasteiger partial charge in [0.25, 0.3) is 0 Å². The first-order chi connectivity index (χ1) is 8.65. The van der Waals surface area contributed by atoms with Gasteiger partial charge in [-0.2, -0.15) is 0 Å². The summed E-state index contributed by atoms with van der Waals surface area (Å²) in [7, 11) is 3.89. The fourth-order valence-corrected chi connectivity index (χ4v) is 2.62. The summed E-state index contributed by atoms with van der Waals surface area (Å²) in [5.74, 6) is 2.10. The second kappa shape index (κ2) is 8.39. The van der Waals surface area contributed by atoms with Crippen LogP contribution in [0.5, 0.6) is 0 Å². The van der Waals surface area contributed by atoms with E-state index in [1.165, 1.54) is 6.42 Å². The number of amidine groups is 1. The molecule has 1 aromatic heterocycles. The molecule has 1 aliphatic heterocycles. The van der Waals surface area contributed by atoms with Crippen molar-refractivity contribution in [1.29, 1.82) is 5.41 Å². The van der Waals surface area contributed by atoms with Crippen LogP contribution in [-0.4, -0.2) is 48.9 Å². The van der Waals surface area contributed by atoms with Crippen LogP contribution in [0.3, 0.4) is 0 Å². The molecule has 1 saturated heterocycles. The van der Waals surface area contributed by atoms with Crippen LogP contribution in [0.4, 0.5) is 5.82 Å². The lowest BCUT2D eigenvalue weighted by Crippen LogP contribution is -2.51. The normalized spacial score (nSPS) is 21.4. The third kappa shape index (κ3) is 3.81. The van der Waals surface area contributed by atoms with Gasteiger partial charge in [-0.05, 0) is 24.9 Å². The highest BCUT2D eigenvalue weighted by atomic mass is 35.5. The number of aromatic amines is 1. The van der Waals surface area contributed by atoms with E-state index < -0.39 is 0 Å². The number of piperidine rings is 1. The Morgan fingerprint density at radius 3 is 2.75 bits per heavy atom. The van der Waals surface area contributed by atoms with E-state index in [9.17, 15) is 0 Å². The maximum atomic E-state index is 8.36. The summed E-state index contributed by atoms with van der Waals surface area (Å²) in [5, 5.41) is 14.9. The first kappa shape index (κ1) is 19.1. The van der Waals surface area contributed by atoms with Gasteiger partial charge in [0, 0.05) is 32.9 Å². The van der Waals surface area contributed by atoms with Gasteiger partial charge >= 0.3 is 0 Å². The SMILES string of the molecule is CNc1[nH]ccc1C(=N)N(C)[C@H]1CNCC[C@H]1C.Cl.Cl. The molecule has 20 heavy (non-hydrogen) atoms. The van der Waals surface area contributed by atoms with E-state index in [4.69, 9.17) is 5.41 Å². The van der Waals surface area contributed by atoms with Crippen molar-refractivity contribution in [3.63, 3.8) is 0 Å². The predicted octanol–water partition coefficient (Wildman–Crippen LogP) is 2.16. The van der Waals surface area contributed by atoms with E-state index in [1.807, 2.05) is 26.4 Å². The number of anilines is 1. The van der Waals surface area contributed by atoms with Crippen LogP contribution in [-0.2, 0) is 0 Å². The molecule has 0 spiro atoms. The Morgan fingerprint density at radius 2 is 2.15 bits per heavy atom. The summed E-state index contributed by atoms with van der Waals surface area (Å²) < 4.78 is 0. The van der Waals surface area contributed by atoms with Crippen LogP contribution in [0, 0.1) is 11.3 Å². The lowest BCUT2D eigenvalue weighted by atomic mass is 9.93. The summed E-state index contributed by atoms with van der Waals surface area (Å²) >= 11 is 0. The molecule has 0 unspecified atom stereocenters. The van der Waals surface area contributed by atoms with Gasteiger partial charge in [-0.15, -0.1) is 24.8 Å². The number of aromatic nitrogens is 1. The van der Waals surface area contributed by atoms with Crippen molar-refractivity contribution >= 4 is 36.5 Å². The standard InChI is InChI=1S/C13H23N5.2ClH/c1-9-4-6-16-8-11(9)18(3)12(14)10-5-7-17-13(10)15-2;;/h5,7,9,11,14-17H,4,6,8H2,1-3H3;2*1H/t9-,11+;;/m1../s1. The highest BCUT2D eigenvalue weighted by Crippen LogP contribution is 2.21. The Kier molecular flexibility index (Phi) is 8.01. The smallest absolute Gasteiger partial charge is 0.131 e. The fourth-order valence-electron chi connectivity index (χ4n) is 2.62. The number of hydrogen-bond acceptors (Lipinski definition) is 3. The highest BCUT2D eigenvalue weighted by molar-refractivity contribution is 6.00. The Morgan fingerprint density at radius 1 is 1.45 bits per heavy atom. The van der Waals surface area contributed by atoms with Crippen LogP contribution in [0.2, 0.25) is 0 Å². The quantitative estimate of drug-likeness (QED) is 0.509. The molecule has 7 heteroatoms. The van der Waals surface area contributed by atoms with Gasteiger partial charge in [0.1, 0.15) is 11.7 Å². The second-order valence-corrected chi connectivity index (χ2v) is 5.01. The summed E-state index contributed by atoms with van der Waals surface area (Å²) in [6.07, 6.45) is 3.04. The predicted molar refractivity (Wildman–Crippen MR) is 89.9 cm³/mol. The van der Waals surface area contributed by atoms with Gasteiger partial charge in [-0.1, -0.05) is 6.92 Å². The molecular weight excluding hydrogens is 297 g/mol. The zero-order chi connectivity index (χ0) is 13.1. The molecule has 1 fully saturated rings. The van der Waals surface area contributed by atoms with Crippen LogP contribution in [0.15, 0.2) is 12.3 Å². The molecule has 5 nitrogen and oxygen atoms in total. The number of H-pyrrole nitrogens is 1. The number of nitrogens with zero attached hydrogens (tertiary/aromatic N) is 1. The first-order valence-corrected chi connectivity index (χ1v) is 6.52. The summed E-state index contributed by atoms with van der Waals surface area (Å²) in [4.78, 5) is 5.20. The lowest BCUT2D eigenvalue weighted by Gasteiger charge is -2.38. The lowest BCUT2D eigenvalue weighted by molar-refractivity contribution is 0.219. The van der Waals surface area contributed by atoms with E-state index in [0.717, 1.165) is 24.5 Å². The van der Waals surface area contributed by atoms with E-state index in [2.05, 4.69) is 27.4 Å². The minimum Gasteiger partial charge on any atom is -0.374 e. The van der Waals surface area contributed by atoms with E-state index in [1.54, 1.807) is 0 Å². The number of likely N-dealkylation sites (N-methyl/N-ethyl adjacent to an activating group) is 1. The molecule has 0 saturated carbocycles. The van der Waals surface area contributed by atoms with E-state index >= 15 is 0 Å². The molecule has 1 aliphatic rings. The zero-order valence-electron chi connectivity index (χ0n) is 12.2. The largest absolute Gasteiger partial charge is 0.374 e. The molecule has 116 valence electrons. The van der Waals surface area contributed by atoms with E-state index in [0.29, 0.717) is 17.8 Å². The monoisotopic (exact) mass is 321 g/mol. The summed E-state index contributed by atoms with van der Waals surface area (Å²) in [6.45, 7) is 4.31. The van der Waals surface area contributed by atoms with E-state index in [-0.39, 0.29) is 24.8 Å². The van der Waals surface area contributed by atoms with Crippen LogP contribution >= 0.6 is 24.8 Å². The summed E-state index contributed by atoms with van der Waals surface area (Å²) in [5.41, 5.74) is 0.928. The third-order valence-corrected chi connectivity index (χ3v) is 3.89. The molecule has 0 bridgehead atoms. The minimum absolute atomic E-state index is 0. The minimum atomic E-state index is 0. The van der Waals surface area contributed by atoms with Crippen molar-refractivity contribution in [3.05, 3.63) is 17.8 Å². The van der Waals surface area contributed by atoms with Crippen LogP contribution in [0.25, 0.3) is 0 Å². The maximum absolute atomic E-state index is 8.36. The van der Waals surface area contributed by atoms with Gasteiger partial charge in [-0.25, -0.2) is 0 Å². The number of rotatable bonds is 3. The Hall–Kier alpha value is -0.910. The molecular formula is C13H25Cl2N5. The molecule has 2 heterocycles. The Balaban J connectivity index is 0.00000180. The van der Waals surface area contributed by atoms with Crippen molar-refractivity contribution in [3.8, 4) is 0 Å². The average molecular weight is 322 g/mol. The van der Waals surface area contributed by atoms with Gasteiger partial charge in [0.05, 0.1) is 5.56 Å². The fraction of sp³-hybridized carbons (Fsp3) is 0.615. The van der Waals surface area contributed by atoms with Crippen molar-refractivity contribution in [1.82, 2.24) is 15.2 Å². The van der Waals surface area contributed by atoms with Gasteiger partial charge < -0.3 is 20.5 Å². The molecule has 2 rings (SSSR count). The molecule has 0 aromatic carbocycles. The highest BCUT2D eigenvalue weighted by Gasteiger charge is 2.27. The molecule has 1 aromatic rings. The van der Waals surface area contributed by atoms with Gasteiger partial charge in [0.15, 0.2) is 0 Å². The number of halogens is 2. The van der Waals surface area contributed by atoms with Gasteiger partial charge in [-0.3, -0.25) is 5.41 Å². The molecule has 0 amide bonds. The Labute approximate surface area is 133 Å². The number of nitrogens with one attached hydrogen (secondary N) is 4. The van der Waals surface area contributed by atoms with Crippen molar-refractivity contribution in [2.75, 3.05) is 32.5 Å². The number of hydrogen-bond donors (Lipinski definition) is 4. The van der Waals surface area contributed by atoms with Crippen molar-refractivity contribution < 1.29 is 0 Å². The van der Waals surface area contributed by atoms with Crippen molar-refractivity contribution in [2.24, 2.45) is 5.92 Å². The average Bonchev–Trinajstić information content (AvgIpc) is 2.86. The molecule has 2 atom stereocenters. The maximum Gasteiger partial charge on any atom is 0.131 e. The topological polar surface area (TPSA) is 66.9 Å². The Bertz CT molecular complexity index is 421. The first-order valence-electron chi connectivity index (χ1n) is 6.52. The van der Waals surface area contributed by atoms with Gasteiger partial charge in [0.2, 0.25) is 0 Å².